The van der Waals surface area contributed by atoms with E-state index in [1.807, 2.05) is 37.3 Å². The summed E-state index contributed by atoms with van der Waals surface area (Å²) >= 11 is 0.172. The molecule has 0 aromatic heterocycles. The Kier molecular flexibility index (Phi) is 6.72. The van der Waals surface area contributed by atoms with Gasteiger partial charge in [-0.15, -0.1) is 0 Å². The minimum absolute atomic E-state index is 0.0421. The van der Waals surface area contributed by atoms with Crippen LogP contribution in [0.1, 0.15) is 18.4 Å². The van der Waals surface area contributed by atoms with Gasteiger partial charge in [0.2, 0.25) is 0 Å². The molecule has 0 unspecified atom stereocenters. The van der Waals surface area contributed by atoms with E-state index >= 15 is 0 Å². The zero-order valence-electron chi connectivity index (χ0n) is 15.5. The van der Waals surface area contributed by atoms with Crippen LogP contribution in [0.25, 0.3) is 0 Å². The van der Waals surface area contributed by atoms with Crippen LogP contribution in [0.2, 0.25) is 4.82 Å². The molecule has 2 atom stereocenters. The summed E-state index contributed by atoms with van der Waals surface area (Å²) in [6.07, 6.45) is 7.84. The number of rotatable bonds is 7. The number of allylic oxidation sites excluding steroid dienone is 1. The summed E-state index contributed by atoms with van der Waals surface area (Å²) in [7, 11) is -3.57. The molecular weight excluding hydrogens is 421 g/mol. The molecule has 5 heteroatoms. The Morgan fingerprint density at radius 3 is 2.52 bits per heavy atom. The second kappa shape index (κ2) is 9.03. The molecule has 0 N–H and O–H groups in total. The van der Waals surface area contributed by atoms with Gasteiger partial charge in [-0.25, -0.2) is 0 Å². The number of sulfonamides is 1. The third-order valence-electron chi connectivity index (χ3n) is 4.66. The van der Waals surface area contributed by atoms with Crippen LogP contribution >= 0.6 is 0 Å². The summed E-state index contributed by atoms with van der Waals surface area (Å²) in [5, 5.41) is 0. The maximum absolute atomic E-state index is 13.4. The van der Waals surface area contributed by atoms with Crippen LogP contribution in [0, 0.1) is 6.92 Å². The predicted octanol–water partition coefficient (Wildman–Crippen LogP) is 3.71. The Bertz CT molecular complexity index is 892. The summed E-state index contributed by atoms with van der Waals surface area (Å²) in [4.78, 5) is 0.573. The van der Waals surface area contributed by atoms with Crippen molar-refractivity contribution in [1.29, 1.82) is 0 Å². The zero-order valence-corrected chi connectivity index (χ0v) is 18.0. The average Bonchev–Trinajstić information content (AvgIpc) is 2.68. The molecule has 3 rings (SSSR count). The van der Waals surface area contributed by atoms with E-state index < -0.39 is 10.0 Å². The normalized spacial score (nSPS) is 19.9. The molecule has 0 heterocycles. The molecule has 1 aliphatic rings. The number of hydrogen-bond acceptors (Lipinski definition) is 2. The van der Waals surface area contributed by atoms with Crippen molar-refractivity contribution in [3.63, 3.8) is 0 Å². The molecule has 0 spiro atoms. The maximum atomic E-state index is 13.4. The van der Waals surface area contributed by atoms with Crippen LogP contribution in [-0.4, -0.2) is 40.3 Å². The van der Waals surface area contributed by atoms with Gasteiger partial charge in [-0.3, -0.25) is 0 Å². The Balaban J connectivity index is 1.93. The Morgan fingerprint density at radius 2 is 1.85 bits per heavy atom. The van der Waals surface area contributed by atoms with Gasteiger partial charge in [-0.1, -0.05) is 0 Å². The SMILES string of the molecule is C=CCN([C@@H]1CCC=C[C@H]1[Se]c1ccccc1)S(=O)(=O)c1ccc(C)cc1. The Hall–Kier alpha value is -1.65. The van der Waals surface area contributed by atoms with Crippen molar-refractivity contribution in [2.75, 3.05) is 6.54 Å². The van der Waals surface area contributed by atoms with E-state index in [4.69, 9.17) is 0 Å². The van der Waals surface area contributed by atoms with Gasteiger partial charge in [0.25, 0.3) is 0 Å². The Morgan fingerprint density at radius 1 is 1.15 bits per heavy atom. The first-order valence-corrected chi connectivity index (χ1v) is 12.4. The van der Waals surface area contributed by atoms with Crippen LogP contribution in [0.4, 0.5) is 0 Å². The van der Waals surface area contributed by atoms with Gasteiger partial charge in [-0.05, 0) is 0 Å². The van der Waals surface area contributed by atoms with Crippen molar-refractivity contribution >= 4 is 29.4 Å². The molecule has 0 saturated heterocycles. The fraction of sp³-hybridized carbons (Fsp3) is 0.273. The molecule has 0 amide bonds. The van der Waals surface area contributed by atoms with E-state index in [9.17, 15) is 8.42 Å². The number of benzene rings is 2. The molecule has 0 radical (unpaired) electrons. The molecule has 2 aromatic carbocycles. The molecule has 142 valence electrons. The average molecular weight is 446 g/mol. The van der Waals surface area contributed by atoms with E-state index in [0.717, 1.165) is 18.4 Å². The summed E-state index contributed by atoms with van der Waals surface area (Å²) in [5.41, 5.74) is 1.05. The summed E-state index contributed by atoms with van der Waals surface area (Å²) in [6.45, 7) is 6.10. The first-order chi connectivity index (χ1) is 13.0. The van der Waals surface area contributed by atoms with Crippen LogP contribution in [0.3, 0.4) is 0 Å². The first kappa shape index (κ1) is 20.1. The van der Waals surface area contributed by atoms with Crippen molar-refractivity contribution in [3.05, 3.63) is 85.0 Å². The molecule has 3 nitrogen and oxygen atoms in total. The first-order valence-electron chi connectivity index (χ1n) is 9.10. The van der Waals surface area contributed by atoms with Crippen LogP contribution in [-0.2, 0) is 10.0 Å². The van der Waals surface area contributed by atoms with Gasteiger partial charge in [0.1, 0.15) is 0 Å². The van der Waals surface area contributed by atoms with Gasteiger partial charge in [0, 0.05) is 0 Å². The van der Waals surface area contributed by atoms with Gasteiger partial charge in [0.15, 0.2) is 0 Å². The Labute approximate surface area is 169 Å². The van der Waals surface area contributed by atoms with Gasteiger partial charge < -0.3 is 0 Å². The summed E-state index contributed by atoms with van der Waals surface area (Å²) in [5.74, 6) is 0. The van der Waals surface area contributed by atoms with Crippen molar-refractivity contribution in [2.45, 2.75) is 35.5 Å². The molecular formula is C22H25NO2SSe. The van der Waals surface area contributed by atoms with E-state index in [1.54, 1.807) is 22.5 Å². The van der Waals surface area contributed by atoms with Crippen molar-refractivity contribution in [2.24, 2.45) is 0 Å². The second-order valence-corrected chi connectivity index (χ2v) is 11.2. The van der Waals surface area contributed by atoms with Crippen molar-refractivity contribution in [1.82, 2.24) is 4.31 Å². The van der Waals surface area contributed by atoms with E-state index in [-0.39, 0.29) is 25.8 Å². The quantitative estimate of drug-likeness (QED) is 0.481. The fourth-order valence-electron chi connectivity index (χ4n) is 3.26. The molecule has 27 heavy (non-hydrogen) atoms. The number of aryl methyl sites for hydroxylation is 1. The summed E-state index contributed by atoms with van der Waals surface area (Å²) < 4.78 is 29.7. The molecule has 0 saturated carbocycles. The standard InChI is InChI=1S/C22H25NO2SSe/c1-3-17-23(26(24,25)19-15-13-18(2)14-16-19)21-11-7-8-12-22(21)27-20-9-5-4-6-10-20/h3-6,8-10,12-16,21-22H,1,7,11,17H2,2H3/t21-,22-/m1/s1. The van der Waals surface area contributed by atoms with Gasteiger partial charge in [-0.2, -0.15) is 0 Å². The van der Waals surface area contributed by atoms with Crippen molar-refractivity contribution < 1.29 is 8.42 Å². The monoisotopic (exact) mass is 447 g/mol. The third-order valence-corrected chi connectivity index (χ3v) is 9.26. The molecule has 0 bridgehead atoms. The third kappa shape index (κ3) is 4.80. The number of hydrogen-bond donors (Lipinski definition) is 0. The number of nitrogens with zero attached hydrogens (tertiary/aromatic N) is 1. The minimum atomic E-state index is -3.57. The van der Waals surface area contributed by atoms with Gasteiger partial charge >= 0.3 is 169 Å². The van der Waals surface area contributed by atoms with Crippen LogP contribution in [0.5, 0.6) is 0 Å². The zero-order chi connectivity index (χ0) is 19.3. The molecule has 0 fully saturated rings. The van der Waals surface area contributed by atoms with Crippen LogP contribution < -0.4 is 4.46 Å². The molecule has 1 aliphatic carbocycles. The van der Waals surface area contributed by atoms with E-state index in [2.05, 4.69) is 30.9 Å². The summed E-state index contributed by atoms with van der Waals surface area (Å²) in [6, 6.07) is 17.4. The second-order valence-electron chi connectivity index (χ2n) is 6.64. The van der Waals surface area contributed by atoms with Crippen molar-refractivity contribution in [3.8, 4) is 0 Å². The fourth-order valence-corrected chi connectivity index (χ4v) is 7.72. The molecule has 0 aliphatic heterocycles. The van der Waals surface area contributed by atoms with Crippen LogP contribution in [0.15, 0.2) is 84.3 Å². The van der Waals surface area contributed by atoms with E-state index in [1.165, 1.54) is 4.46 Å². The molecule has 2 aromatic rings. The van der Waals surface area contributed by atoms with Gasteiger partial charge in [0.05, 0.1) is 0 Å². The predicted molar refractivity (Wildman–Crippen MR) is 113 cm³/mol. The van der Waals surface area contributed by atoms with E-state index in [0.29, 0.717) is 11.4 Å². The topological polar surface area (TPSA) is 37.4 Å².